The molecule has 1 atom stereocenters. The highest BCUT2D eigenvalue weighted by molar-refractivity contribution is 7.90. The van der Waals surface area contributed by atoms with E-state index in [1.54, 1.807) is 38.1 Å². The van der Waals surface area contributed by atoms with Gasteiger partial charge in [0.2, 0.25) is 0 Å². The van der Waals surface area contributed by atoms with Gasteiger partial charge in [-0.15, -0.1) is 0 Å². The number of carbonyl (C=O) groups is 3. The second-order valence-electron chi connectivity index (χ2n) is 7.78. The Bertz CT molecular complexity index is 1290. The predicted molar refractivity (Wildman–Crippen MR) is 130 cm³/mol. The van der Waals surface area contributed by atoms with Crippen molar-refractivity contribution in [3.8, 4) is 0 Å². The molecule has 2 rings (SSSR count). The summed E-state index contributed by atoms with van der Waals surface area (Å²) in [4.78, 5) is 36.0. The van der Waals surface area contributed by atoms with Crippen LogP contribution < -0.4 is 20.1 Å². The summed E-state index contributed by atoms with van der Waals surface area (Å²) in [6, 6.07) is 8.38. The van der Waals surface area contributed by atoms with Crippen LogP contribution in [0, 0.1) is 13.8 Å². The van der Waals surface area contributed by atoms with Crippen molar-refractivity contribution >= 4 is 38.1 Å². The molecular weight excluding hydrogens is 512 g/mol. The molecule has 0 saturated carbocycles. The van der Waals surface area contributed by atoms with Gasteiger partial charge in [0.15, 0.2) is 0 Å². The zero-order valence-corrected chi connectivity index (χ0v) is 21.5. The lowest BCUT2D eigenvalue weighted by Crippen LogP contribution is -2.48. The van der Waals surface area contributed by atoms with Gasteiger partial charge in [-0.3, -0.25) is 0 Å². The summed E-state index contributed by atoms with van der Waals surface area (Å²) in [6.07, 6.45) is 0.0957. The van der Waals surface area contributed by atoms with E-state index in [4.69, 9.17) is 0 Å². The van der Waals surface area contributed by atoms with Crippen molar-refractivity contribution in [3.05, 3.63) is 59.7 Å². The fourth-order valence-electron chi connectivity index (χ4n) is 2.92. The lowest BCUT2D eigenvalue weighted by Gasteiger charge is -2.17. The van der Waals surface area contributed by atoms with Crippen molar-refractivity contribution in [2.24, 2.45) is 0 Å². The largest absolute Gasteiger partial charge is 0.467 e. The molecule has 0 aliphatic carbocycles. The Balaban J connectivity index is 1.87. The van der Waals surface area contributed by atoms with E-state index in [0.717, 1.165) is 18.2 Å². The Labute approximate surface area is 209 Å². The van der Waals surface area contributed by atoms with Crippen LogP contribution in [0.3, 0.4) is 0 Å². The minimum atomic E-state index is -4.17. The third kappa shape index (κ3) is 8.53. The summed E-state index contributed by atoms with van der Waals surface area (Å²) in [6.45, 7) is 3.52. The van der Waals surface area contributed by atoms with Gasteiger partial charge in [-0.05, 0) is 51.0 Å². The van der Waals surface area contributed by atoms with Gasteiger partial charge >= 0.3 is 18.0 Å². The molecule has 0 radical (unpaired) electrons. The number of esters is 1. The number of rotatable bonds is 10. The van der Waals surface area contributed by atoms with Gasteiger partial charge in [0.25, 0.3) is 20.0 Å². The summed E-state index contributed by atoms with van der Waals surface area (Å²) in [5.41, 5.74) is 1.69. The number of urea groups is 2. The Morgan fingerprint density at radius 2 is 1.22 bits per heavy atom. The highest BCUT2D eigenvalue weighted by Gasteiger charge is 2.25. The van der Waals surface area contributed by atoms with Gasteiger partial charge in [0, 0.05) is 6.54 Å². The first-order valence-corrected chi connectivity index (χ1v) is 13.7. The molecule has 0 fully saturated rings. The Kier molecular flexibility index (Phi) is 9.81. The molecule has 0 aromatic heterocycles. The number of sulfonamides is 2. The molecule has 2 aromatic rings. The molecule has 4 amide bonds. The van der Waals surface area contributed by atoms with Crippen molar-refractivity contribution in [3.63, 3.8) is 0 Å². The topological polar surface area (TPSA) is 177 Å². The molecule has 0 spiro atoms. The number of methoxy groups -OCH3 is 1. The van der Waals surface area contributed by atoms with Gasteiger partial charge < -0.3 is 15.4 Å². The highest BCUT2D eigenvalue weighted by atomic mass is 32.2. The smallest absolute Gasteiger partial charge is 0.329 e. The van der Waals surface area contributed by atoms with Crippen molar-refractivity contribution in [1.29, 1.82) is 0 Å². The zero-order chi connectivity index (χ0) is 26.9. The van der Waals surface area contributed by atoms with Crippen LogP contribution >= 0.6 is 0 Å². The molecule has 0 bridgehead atoms. The van der Waals surface area contributed by atoms with E-state index in [-0.39, 0.29) is 29.2 Å². The van der Waals surface area contributed by atoms with E-state index in [1.165, 1.54) is 24.3 Å². The predicted octanol–water partition coefficient (Wildman–Crippen LogP) is 1.30. The monoisotopic (exact) mass is 540 g/mol. The third-order valence-electron chi connectivity index (χ3n) is 4.86. The first kappa shape index (κ1) is 28.6. The fraction of sp³-hybridized carbons (Fsp3) is 0.318. The third-order valence-corrected chi connectivity index (χ3v) is 7.56. The highest BCUT2D eigenvalue weighted by Crippen LogP contribution is 2.11. The molecular formula is C22H28N4O8S2. The number of carbonyl (C=O) groups excluding carboxylic acids is 3. The van der Waals surface area contributed by atoms with Crippen molar-refractivity contribution in [2.45, 2.75) is 42.5 Å². The average molecular weight is 541 g/mol. The van der Waals surface area contributed by atoms with Gasteiger partial charge in [-0.1, -0.05) is 35.4 Å². The standard InChI is InChI=1S/C22H28N4O8S2/c1-15-6-10-17(11-7-15)35(30,31)25-21(28)23-14-4-5-19(20(27)34-3)24-22(29)26-36(32,33)18-12-8-16(2)9-13-18/h6-13,19H,4-5,14H2,1-3H3,(H2,23,25,28)(H2,24,26,29). The molecule has 196 valence electrons. The van der Waals surface area contributed by atoms with E-state index in [1.807, 2.05) is 9.44 Å². The summed E-state index contributed by atoms with van der Waals surface area (Å²) < 4.78 is 57.5. The molecule has 36 heavy (non-hydrogen) atoms. The second-order valence-corrected chi connectivity index (χ2v) is 11.1. The minimum Gasteiger partial charge on any atom is -0.467 e. The van der Waals surface area contributed by atoms with Crippen LogP contribution in [0.5, 0.6) is 0 Å². The van der Waals surface area contributed by atoms with Crippen molar-refractivity contribution in [1.82, 2.24) is 20.1 Å². The summed E-state index contributed by atoms with van der Waals surface area (Å²) in [7, 11) is -7.14. The maximum Gasteiger partial charge on any atom is 0.329 e. The van der Waals surface area contributed by atoms with Gasteiger partial charge in [-0.25, -0.2) is 40.7 Å². The lowest BCUT2D eigenvalue weighted by molar-refractivity contribution is -0.143. The van der Waals surface area contributed by atoms with Crippen LogP contribution in [0.15, 0.2) is 58.3 Å². The van der Waals surface area contributed by atoms with Crippen LogP contribution in [-0.4, -0.2) is 54.6 Å². The first-order valence-electron chi connectivity index (χ1n) is 10.7. The maximum absolute atomic E-state index is 12.4. The summed E-state index contributed by atoms with van der Waals surface area (Å²) in [5, 5.41) is 4.57. The molecule has 0 aliphatic rings. The van der Waals surface area contributed by atoms with Crippen LogP contribution in [-0.2, 0) is 29.6 Å². The molecule has 0 saturated heterocycles. The maximum atomic E-state index is 12.4. The van der Waals surface area contributed by atoms with Crippen LogP contribution in [0.2, 0.25) is 0 Å². The summed E-state index contributed by atoms with van der Waals surface area (Å²) in [5.74, 6) is -0.829. The Morgan fingerprint density at radius 3 is 1.67 bits per heavy atom. The fourth-order valence-corrected chi connectivity index (χ4v) is 4.76. The molecule has 0 aliphatic heterocycles. The quantitative estimate of drug-likeness (QED) is 0.257. The van der Waals surface area contributed by atoms with Gasteiger partial charge in [-0.2, -0.15) is 0 Å². The number of ether oxygens (including phenoxy) is 1. The zero-order valence-electron chi connectivity index (χ0n) is 19.9. The van der Waals surface area contributed by atoms with E-state index in [2.05, 4.69) is 15.4 Å². The van der Waals surface area contributed by atoms with Crippen LogP contribution in [0.25, 0.3) is 0 Å². The van der Waals surface area contributed by atoms with Gasteiger partial charge in [0.05, 0.1) is 16.9 Å². The molecule has 14 heteroatoms. The number of nitrogens with one attached hydrogen (secondary N) is 4. The number of hydrogen-bond acceptors (Lipinski definition) is 8. The Morgan fingerprint density at radius 1 is 0.778 bits per heavy atom. The second kappa shape index (κ2) is 12.4. The molecule has 0 heterocycles. The number of hydrogen-bond donors (Lipinski definition) is 4. The minimum absolute atomic E-state index is 0.0321. The average Bonchev–Trinajstić information content (AvgIpc) is 2.80. The van der Waals surface area contributed by atoms with E-state index < -0.39 is 44.1 Å². The van der Waals surface area contributed by atoms with Crippen molar-refractivity contribution < 1.29 is 36.0 Å². The lowest BCUT2D eigenvalue weighted by atomic mass is 10.1. The Hall–Kier alpha value is -3.65. The van der Waals surface area contributed by atoms with E-state index >= 15 is 0 Å². The van der Waals surface area contributed by atoms with E-state index in [9.17, 15) is 31.2 Å². The van der Waals surface area contributed by atoms with Crippen LogP contribution in [0.1, 0.15) is 24.0 Å². The number of aryl methyl sites for hydroxylation is 2. The molecule has 2 aromatic carbocycles. The number of amides is 4. The normalized spacial score (nSPS) is 12.2. The van der Waals surface area contributed by atoms with E-state index in [0.29, 0.717) is 0 Å². The molecule has 4 N–H and O–H groups in total. The molecule has 12 nitrogen and oxygen atoms in total. The van der Waals surface area contributed by atoms with Crippen LogP contribution in [0.4, 0.5) is 9.59 Å². The summed E-state index contributed by atoms with van der Waals surface area (Å²) >= 11 is 0. The molecule has 1 unspecified atom stereocenters. The van der Waals surface area contributed by atoms with Gasteiger partial charge in [0.1, 0.15) is 6.04 Å². The first-order chi connectivity index (χ1) is 16.8. The SMILES string of the molecule is COC(=O)C(CCCNC(=O)NS(=O)(=O)c1ccc(C)cc1)NC(=O)NS(=O)(=O)c1ccc(C)cc1. The number of benzene rings is 2. The van der Waals surface area contributed by atoms with Crippen molar-refractivity contribution in [2.75, 3.05) is 13.7 Å².